The molecule has 0 aliphatic rings. The van der Waals surface area contributed by atoms with Gasteiger partial charge in [0.05, 0.1) is 0 Å². The molecule has 54 valence electrons. The highest BCUT2D eigenvalue weighted by Gasteiger charge is 2.17. The van der Waals surface area contributed by atoms with Gasteiger partial charge >= 0.3 is 6.75 Å². The van der Waals surface area contributed by atoms with Gasteiger partial charge in [-0.3, -0.25) is 4.98 Å². The van der Waals surface area contributed by atoms with Crippen molar-refractivity contribution in [3.8, 4) is 0 Å². The van der Waals surface area contributed by atoms with E-state index in [9.17, 15) is 0 Å². The Bertz CT molecular complexity index is 208. The van der Waals surface area contributed by atoms with Gasteiger partial charge in [-0.25, -0.2) is 0 Å². The summed E-state index contributed by atoms with van der Waals surface area (Å²) in [5.41, 5.74) is 0.0162. The third kappa shape index (κ3) is 1.54. The molecular formula is C5H7BNO3-. The molecule has 0 aromatic carbocycles. The maximum absolute atomic E-state index is 8.62. The van der Waals surface area contributed by atoms with Crippen LogP contribution in [-0.2, 0) is 0 Å². The van der Waals surface area contributed by atoms with Crippen LogP contribution in [0.25, 0.3) is 0 Å². The topological polar surface area (TPSA) is 73.6 Å². The van der Waals surface area contributed by atoms with Crippen LogP contribution in [0, 0.1) is 0 Å². The molecule has 10 heavy (non-hydrogen) atoms. The molecule has 1 heterocycles. The molecule has 0 spiro atoms. The van der Waals surface area contributed by atoms with E-state index in [1.54, 1.807) is 0 Å². The maximum Gasteiger partial charge on any atom is 0.404 e. The SMILES string of the molecule is O[B-](O)(O)c1cccnc1. The summed E-state index contributed by atoms with van der Waals surface area (Å²) in [6.45, 7) is -3.37. The van der Waals surface area contributed by atoms with Gasteiger partial charge in [-0.15, -0.1) is 5.46 Å². The fraction of sp³-hybridized carbons (Fsp3) is 0. The summed E-state index contributed by atoms with van der Waals surface area (Å²) in [5.74, 6) is 0. The first kappa shape index (κ1) is 7.20. The Balaban J connectivity index is 2.97. The number of aromatic nitrogens is 1. The van der Waals surface area contributed by atoms with Crippen LogP contribution in [0.4, 0.5) is 0 Å². The van der Waals surface area contributed by atoms with Crippen LogP contribution < -0.4 is 5.46 Å². The number of pyridine rings is 1. The molecule has 0 amide bonds. The van der Waals surface area contributed by atoms with Crippen LogP contribution in [0.1, 0.15) is 0 Å². The van der Waals surface area contributed by atoms with Crippen molar-refractivity contribution in [1.29, 1.82) is 0 Å². The molecule has 0 saturated carbocycles. The number of hydrogen-bond donors (Lipinski definition) is 3. The fourth-order valence-electron chi connectivity index (χ4n) is 0.605. The molecule has 1 aromatic rings. The zero-order chi connectivity index (χ0) is 7.61. The highest BCUT2D eigenvalue weighted by Crippen LogP contribution is 1.86. The fourth-order valence-corrected chi connectivity index (χ4v) is 0.605. The van der Waals surface area contributed by atoms with E-state index >= 15 is 0 Å². The van der Waals surface area contributed by atoms with Crippen molar-refractivity contribution < 1.29 is 15.1 Å². The van der Waals surface area contributed by atoms with E-state index in [4.69, 9.17) is 15.1 Å². The van der Waals surface area contributed by atoms with Crippen LogP contribution >= 0.6 is 0 Å². The van der Waals surface area contributed by atoms with Gasteiger partial charge in [0.25, 0.3) is 0 Å². The van der Waals surface area contributed by atoms with Crippen LogP contribution in [0.5, 0.6) is 0 Å². The molecule has 5 heteroatoms. The molecule has 0 bridgehead atoms. The predicted octanol–water partition coefficient (Wildman–Crippen LogP) is -1.80. The Morgan fingerprint density at radius 1 is 1.30 bits per heavy atom. The van der Waals surface area contributed by atoms with E-state index in [0.29, 0.717) is 0 Å². The van der Waals surface area contributed by atoms with Gasteiger partial charge in [-0.1, -0.05) is 6.07 Å². The van der Waals surface area contributed by atoms with Crippen molar-refractivity contribution in [3.63, 3.8) is 0 Å². The highest BCUT2D eigenvalue weighted by atomic mass is 16.5. The van der Waals surface area contributed by atoms with Gasteiger partial charge in [-0.2, -0.15) is 0 Å². The Labute approximate surface area is 57.8 Å². The minimum atomic E-state index is -3.37. The number of rotatable bonds is 1. The summed E-state index contributed by atoms with van der Waals surface area (Å²) in [4.78, 5) is 3.59. The van der Waals surface area contributed by atoms with Crippen molar-refractivity contribution >= 4 is 12.2 Å². The summed E-state index contributed by atoms with van der Waals surface area (Å²) < 4.78 is 0. The van der Waals surface area contributed by atoms with Crippen LogP contribution in [0.2, 0.25) is 0 Å². The summed E-state index contributed by atoms with van der Waals surface area (Å²) >= 11 is 0. The summed E-state index contributed by atoms with van der Waals surface area (Å²) in [6.07, 6.45) is 2.67. The van der Waals surface area contributed by atoms with Gasteiger partial charge in [-0.05, 0) is 12.3 Å². The van der Waals surface area contributed by atoms with Gasteiger partial charge in [0, 0.05) is 6.20 Å². The van der Waals surface area contributed by atoms with Crippen molar-refractivity contribution in [2.75, 3.05) is 0 Å². The highest BCUT2D eigenvalue weighted by molar-refractivity contribution is 6.71. The minimum absolute atomic E-state index is 0.0162. The zero-order valence-corrected chi connectivity index (χ0v) is 5.18. The molecule has 0 saturated heterocycles. The van der Waals surface area contributed by atoms with Crippen LogP contribution in [0.15, 0.2) is 24.5 Å². The summed E-state index contributed by atoms with van der Waals surface area (Å²) in [7, 11) is 0. The Morgan fingerprint density at radius 2 is 2.00 bits per heavy atom. The second-order valence-electron chi connectivity index (χ2n) is 2.02. The first-order chi connectivity index (χ1) is 4.61. The Morgan fingerprint density at radius 3 is 2.30 bits per heavy atom. The second-order valence-corrected chi connectivity index (χ2v) is 2.02. The standard InChI is InChI=1S/C5H7BNO3/c8-6(9,10)5-2-1-3-7-4-5/h1-4,8-10H/q-1. The van der Waals surface area contributed by atoms with Gasteiger partial charge in [0.15, 0.2) is 0 Å². The molecule has 0 radical (unpaired) electrons. The van der Waals surface area contributed by atoms with Gasteiger partial charge < -0.3 is 15.1 Å². The minimum Gasteiger partial charge on any atom is -0.556 e. The largest absolute Gasteiger partial charge is 0.556 e. The lowest BCUT2D eigenvalue weighted by Crippen LogP contribution is -2.48. The lowest BCUT2D eigenvalue weighted by atomic mass is 9.72. The molecule has 0 atom stereocenters. The molecule has 0 fully saturated rings. The quantitative estimate of drug-likeness (QED) is 0.402. The summed E-state index contributed by atoms with van der Waals surface area (Å²) in [5, 5.41) is 25.9. The van der Waals surface area contributed by atoms with Crippen molar-refractivity contribution in [1.82, 2.24) is 4.98 Å². The molecule has 1 rings (SSSR count). The van der Waals surface area contributed by atoms with E-state index < -0.39 is 6.75 Å². The van der Waals surface area contributed by atoms with Gasteiger partial charge in [0.1, 0.15) is 0 Å². The molecule has 1 aromatic heterocycles. The van der Waals surface area contributed by atoms with E-state index in [2.05, 4.69) is 4.98 Å². The zero-order valence-electron chi connectivity index (χ0n) is 5.18. The predicted molar refractivity (Wildman–Crippen MR) is 36.3 cm³/mol. The average molecular weight is 140 g/mol. The van der Waals surface area contributed by atoms with E-state index in [1.807, 2.05) is 0 Å². The Kier molecular flexibility index (Phi) is 1.71. The Hall–Kier alpha value is -0.905. The normalized spacial score (nSPS) is 11.5. The molecule has 0 aliphatic heterocycles. The number of hydrogen-bond acceptors (Lipinski definition) is 4. The third-order valence-electron chi connectivity index (χ3n) is 1.13. The first-order valence-corrected chi connectivity index (χ1v) is 2.82. The maximum atomic E-state index is 8.62. The lowest BCUT2D eigenvalue weighted by molar-refractivity contribution is 0.249. The van der Waals surface area contributed by atoms with E-state index in [1.165, 1.54) is 24.5 Å². The van der Waals surface area contributed by atoms with Crippen molar-refractivity contribution in [3.05, 3.63) is 24.5 Å². The van der Waals surface area contributed by atoms with Gasteiger partial charge in [0.2, 0.25) is 0 Å². The molecular weight excluding hydrogens is 133 g/mol. The number of nitrogens with zero attached hydrogens (tertiary/aromatic N) is 1. The smallest absolute Gasteiger partial charge is 0.404 e. The molecule has 4 nitrogen and oxygen atoms in total. The molecule has 3 N–H and O–H groups in total. The molecule has 0 unspecified atom stereocenters. The average Bonchev–Trinajstić information content (AvgIpc) is 1.88. The summed E-state index contributed by atoms with van der Waals surface area (Å²) in [6, 6.07) is 2.89. The van der Waals surface area contributed by atoms with Crippen LogP contribution in [-0.4, -0.2) is 26.8 Å². The first-order valence-electron chi connectivity index (χ1n) is 2.82. The van der Waals surface area contributed by atoms with E-state index in [-0.39, 0.29) is 5.46 Å². The second kappa shape index (κ2) is 2.38. The van der Waals surface area contributed by atoms with E-state index in [0.717, 1.165) is 0 Å². The van der Waals surface area contributed by atoms with Crippen LogP contribution in [0.3, 0.4) is 0 Å². The third-order valence-corrected chi connectivity index (χ3v) is 1.13. The van der Waals surface area contributed by atoms with Crippen molar-refractivity contribution in [2.24, 2.45) is 0 Å². The van der Waals surface area contributed by atoms with Crippen molar-refractivity contribution in [2.45, 2.75) is 0 Å². The lowest BCUT2D eigenvalue weighted by Gasteiger charge is -2.19. The monoisotopic (exact) mass is 140 g/mol. The molecule has 0 aliphatic carbocycles.